The number of hydrogen-bond donors (Lipinski definition) is 0. The van der Waals surface area contributed by atoms with Crippen molar-refractivity contribution in [3.63, 3.8) is 0 Å². The van der Waals surface area contributed by atoms with Crippen LogP contribution in [0.15, 0.2) is 66.7 Å². The first kappa shape index (κ1) is 18.6. The van der Waals surface area contributed by atoms with Crippen LogP contribution < -0.4 is 10.4 Å². The number of allylic oxidation sites excluding steroid dienone is 1. The number of fused-ring (bicyclic) bond motifs is 1. The Morgan fingerprint density at radius 1 is 0.857 bits per heavy atom. The predicted molar refractivity (Wildman–Crippen MR) is 127 cm³/mol. The van der Waals surface area contributed by atoms with Crippen molar-refractivity contribution < 1.29 is 0 Å². The molecule has 0 bridgehead atoms. The Hall–Kier alpha value is -2.77. The third kappa shape index (κ3) is 3.63. The van der Waals surface area contributed by atoms with E-state index in [0.717, 1.165) is 24.8 Å². The van der Waals surface area contributed by atoms with E-state index in [1.807, 2.05) is 5.37 Å². The molecule has 4 rings (SSSR count). The van der Waals surface area contributed by atoms with Gasteiger partial charge in [-0.1, -0.05) is 98.0 Å². The van der Waals surface area contributed by atoms with E-state index in [1.165, 1.54) is 38.3 Å². The lowest BCUT2D eigenvalue weighted by Crippen LogP contribution is -2.30. The predicted octanol–water partition coefficient (Wildman–Crippen LogP) is 6.15. The molecular weight excluding hydrogens is 356 g/mol. The Labute approximate surface area is 172 Å². The van der Waals surface area contributed by atoms with Crippen LogP contribution >= 0.6 is 12.2 Å². The molecule has 1 aliphatic rings. The Morgan fingerprint density at radius 2 is 1.54 bits per heavy atom. The zero-order valence-corrected chi connectivity index (χ0v) is 17.0. The van der Waals surface area contributed by atoms with Gasteiger partial charge in [0.2, 0.25) is 0 Å². The third-order valence-corrected chi connectivity index (χ3v) is 5.52. The molecule has 0 amide bonds. The number of rotatable bonds is 5. The molecule has 138 valence electrons. The molecule has 0 spiro atoms. The van der Waals surface area contributed by atoms with E-state index in [9.17, 15) is 0 Å². The first-order valence-electron chi connectivity index (χ1n) is 9.96. The number of hydrogen-bond acceptors (Lipinski definition) is 1. The zero-order chi connectivity index (χ0) is 19.3. The summed E-state index contributed by atoms with van der Waals surface area (Å²) in [5.41, 5.74) is 7.33. The van der Waals surface area contributed by atoms with E-state index < -0.39 is 0 Å². The molecule has 0 fully saturated rings. The lowest BCUT2D eigenvalue weighted by atomic mass is 9.89. The lowest BCUT2D eigenvalue weighted by molar-refractivity contribution is 1.12. The van der Waals surface area contributed by atoms with Crippen molar-refractivity contribution in [1.82, 2.24) is 0 Å². The van der Waals surface area contributed by atoms with Crippen LogP contribution in [-0.2, 0) is 0 Å². The van der Waals surface area contributed by atoms with Crippen LogP contribution in [0.4, 0.5) is 0 Å². The van der Waals surface area contributed by atoms with Crippen molar-refractivity contribution in [3.8, 4) is 22.3 Å². The summed E-state index contributed by atoms with van der Waals surface area (Å²) in [5, 5.41) is 4.49. The highest BCUT2D eigenvalue weighted by Crippen LogP contribution is 2.26. The van der Waals surface area contributed by atoms with E-state index in [1.54, 1.807) is 0 Å². The van der Waals surface area contributed by atoms with Gasteiger partial charge in [-0.05, 0) is 63.6 Å². The molecule has 0 atom stereocenters. The monoisotopic (exact) mass is 380 g/mol. The average Bonchev–Trinajstić information content (AvgIpc) is 2.77. The summed E-state index contributed by atoms with van der Waals surface area (Å²) < 4.78 is 0. The summed E-state index contributed by atoms with van der Waals surface area (Å²) in [6, 6.07) is 21.7. The Bertz CT molecular complexity index is 1130. The van der Waals surface area contributed by atoms with E-state index in [0.29, 0.717) is 0 Å². The van der Waals surface area contributed by atoms with Gasteiger partial charge in [-0.2, -0.15) is 0 Å². The largest absolute Gasteiger partial charge is 0.0880 e. The fourth-order valence-electron chi connectivity index (χ4n) is 3.89. The summed E-state index contributed by atoms with van der Waals surface area (Å²) >= 11 is 5.47. The third-order valence-electron chi connectivity index (χ3n) is 5.28. The second kappa shape index (κ2) is 8.50. The minimum absolute atomic E-state index is 1.02. The molecule has 1 aliphatic carbocycles. The molecule has 3 aromatic rings. The fourth-order valence-corrected chi connectivity index (χ4v) is 4.15. The minimum Gasteiger partial charge on any atom is -0.0880 e. The van der Waals surface area contributed by atoms with Gasteiger partial charge in [0.25, 0.3) is 0 Å². The molecule has 0 saturated heterocycles. The standard InChI is InChI=1S/C27H24S/c1-2-3-9-24-18-23-12-7-8-13-25(23)27(26(24)19-28)22-16-14-21(15-17-22)20-10-5-4-6-11-20/h3-6,9-19H,2,7-8H2,1H3/b9-3-. The van der Waals surface area contributed by atoms with Crippen molar-refractivity contribution in [2.45, 2.75) is 26.2 Å². The fraction of sp³-hybridized carbons (Fsp3) is 0.148. The molecule has 0 aromatic heterocycles. The summed E-state index contributed by atoms with van der Waals surface area (Å²) in [7, 11) is 0. The van der Waals surface area contributed by atoms with Crippen LogP contribution in [0.1, 0.15) is 37.3 Å². The smallest absolute Gasteiger partial charge is 0.00986 e. The molecule has 28 heavy (non-hydrogen) atoms. The molecule has 0 saturated carbocycles. The molecule has 0 N–H and O–H groups in total. The highest BCUT2D eigenvalue weighted by Gasteiger charge is 2.12. The number of benzene rings is 3. The lowest BCUT2D eigenvalue weighted by Gasteiger charge is -2.15. The van der Waals surface area contributed by atoms with Gasteiger partial charge in [0.05, 0.1) is 0 Å². The molecule has 0 aliphatic heterocycles. The Balaban J connectivity index is 1.92. The average molecular weight is 381 g/mol. The van der Waals surface area contributed by atoms with Gasteiger partial charge in [-0.3, -0.25) is 0 Å². The van der Waals surface area contributed by atoms with Gasteiger partial charge in [0.1, 0.15) is 0 Å². The van der Waals surface area contributed by atoms with E-state index >= 15 is 0 Å². The van der Waals surface area contributed by atoms with Gasteiger partial charge in [0.15, 0.2) is 0 Å². The topological polar surface area (TPSA) is 0 Å². The van der Waals surface area contributed by atoms with Crippen molar-refractivity contribution in [1.29, 1.82) is 0 Å². The Morgan fingerprint density at radius 3 is 2.25 bits per heavy atom. The number of thiocarbonyl (C=S) groups is 1. The quantitative estimate of drug-likeness (QED) is 0.479. The van der Waals surface area contributed by atoms with Gasteiger partial charge in [0, 0.05) is 10.9 Å². The molecule has 3 aromatic carbocycles. The van der Waals surface area contributed by atoms with Gasteiger partial charge in [-0.15, -0.1) is 0 Å². The molecular formula is C27H24S. The van der Waals surface area contributed by atoms with Crippen molar-refractivity contribution >= 4 is 35.8 Å². The molecule has 0 unspecified atom stereocenters. The van der Waals surface area contributed by atoms with Crippen molar-refractivity contribution in [2.24, 2.45) is 0 Å². The van der Waals surface area contributed by atoms with E-state index in [4.69, 9.17) is 12.2 Å². The maximum Gasteiger partial charge on any atom is 0.00986 e. The van der Waals surface area contributed by atoms with Crippen LogP contribution in [0.2, 0.25) is 0 Å². The van der Waals surface area contributed by atoms with Gasteiger partial charge < -0.3 is 0 Å². The second-order valence-electron chi connectivity index (χ2n) is 7.11. The van der Waals surface area contributed by atoms with Crippen LogP contribution in [0.3, 0.4) is 0 Å². The van der Waals surface area contributed by atoms with Crippen LogP contribution in [-0.4, -0.2) is 5.37 Å². The first-order valence-corrected chi connectivity index (χ1v) is 10.4. The van der Waals surface area contributed by atoms with Gasteiger partial charge in [-0.25, -0.2) is 0 Å². The van der Waals surface area contributed by atoms with Crippen molar-refractivity contribution in [2.75, 3.05) is 0 Å². The maximum absolute atomic E-state index is 5.47. The molecule has 0 heterocycles. The molecule has 1 heteroatoms. The SMILES string of the molecule is CC/C=C\c1cc2c(c(-c3ccc(-c4ccccc4)cc3)c1C=S)=CCCC=2. The summed E-state index contributed by atoms with van der Waals surface area (Å²) in [6.45, 7) is 2.16. The first-order chi connectivity index (χ1) is 13.8. The van der Waals surface area contributed by atoms with Crippen LogP contribution in [0, 0.1) is 0 Å². The van der Waals surface area contributed by atoms with Gasteiger partial charge >= 0.3 is 0 Å². The summed E-state index contributed by atoms with van der Waals surface area (Å²) in [4.78, 5) is 0. The molecule has 0 nitrogen and oxygen atoms in total. The molecule has 0 radical (unpaired) electrons. The normalized spacial score (nSPS) is 12.9. The minimum atomic E-state index is 1.02. The highest BCUT2D eigenvalue weighted by atomic mass is 32.1. The second-order valence-corrected chi connectivity index (χ2v) is 7.35. The zero-order valence-electron chi connectivity index (χ0n) is 16.2. The highest BCUT2D eigenvalue weighted by molar-refractivity contribution is 7.79. The summed E-state index contributed by atoms with van der Waals surface area (Å²) in [6.07, 6.45) is 12.3. The summed E-state index contributed by atoms with van der Waals surface area (Å²) in [5.74, 6) is 0. The maximum atomic E-state index is 5.47. The van der Waals surface area contributed by atoms with E-state index in [-0.39, 0.29) is 0 Å². The van der Waals surface area contributed by atoms with Crippen molar-refractivity contribution in [3.05, 3.63) is 88.3 Å². The Kier molecular flexibility index (Phi) is 5.64. The van der Waals surface area contributed by atoms with Crippen LogP contribution in [0.5, 0.6) is 0 Å². The van der Waals surface area contributed by atoms with E-state index in [2.05, 4.69) is 91.9 Å². The van der Waals surface area contributed by atoms with Crippen LogP contribution in [0.25, 0.3) is 40.5 Å².